The molecule has 1 saturated heterocycles. The zero-order valence-electron chi connectivity index (χ0n) is 15.2. The van der Waals surface area contributed by atoms with Gasteiger partial charge in [0.05, 0.1) is 6.61 Å². The van der Waals surface area contributed by atoms with Gasteiger partial charge in [-0.15, -0.1) is 0 Å². The summed E-state index contributed by atoms with van der Waals surface area (Å²) in [6.45, 7) is 7.60. The van der Waals surface area contributed by atoms with Gasteiger partial charge in [-0.2, -0.15) is 0 Å². The number of piperidine rings is 1. The lowest BCUT2D eigenvalue weighted by Gasteiger charge is -2.34. The number of methoxy groups -OCH3 is 1. The van der Waals surface area contributed by atoms with Crippen LogP contribution in [0.25, 0.3) is 0 Å². The van der Waals surface area contributed by atoms with Crippen LogP contribution in [0.5, 0.6) is 0 Å². The van der Waals surface area contributed by atoms with Crippen LogP contribution in [0.1, 0.15) is 40.0 Å². The highest BCUT2D eigenvalue weighted by Gasteiger charge is 2.28. The van der Waals surface area contributed by atoms with Crippen LogP contribution in [0, 0.1) is 5.92 Å². The maximum absolute atomic E-state index is 12.2. The number of allylic oxidation sites excluding steroid dienone is 1. The Kier molecular flexibility index (Phi) is 6.15. The Morgan fingerprint density at radius 3 is 2.83 bits per heavy atom. The summed E-state index contributed by atoms with van der Waals surface area (Å²) in [6.07, 6.45) is 6.16. The van der Waals surface area contributed by atoms with Crippen LogP contribution in [-0.4, -0.2) is 49.5 Å². The van der Waals surface area contributed by atoms with E-state index in [9.17, 15) is 4.79 Å². The van der Waals surface area contributed by atoms with Crippen LogP contribution in [-0.2, 0) is 14.2 Å². The van der Waals surface area contributed by atoms with E-state index in [0.717, 1.165) is 31.6 Å². The molecule has 6 nitrogen and oxygen atoms in total. The van der Waals surface area contributed by atoms with Crippen LogP contribution in [0.2, 0.25) is 0 Å². The summed E-state index contributed by atoms with van der Waals surface area (Å²) >= 11 is 0. The summed E-state index contributed by atoms with van der Waals surface area (Å²) in [6, 6.07) is 0. The molecule has 0 spiro atoms. The van der Waals surface area contributed by atoms with Gasteiger partial charge >= 0.3 is 6.09 Å². The van der Waals surface area contributed by atoms with Crippen molar-refractivity contribution in [3.8, 4) is 0 Å². The molecule has 0 radical (unpaired) electrons. The third kappa shape index (κ3) is 5.44. The molecule has 6 heteroatoms. The molecule has 1 heterocycles. The third-order valence-corrected chi connectivity index (χ3v) is 4.13. The summed E-state index contributed by atoms with van der Waals surface area (Å²) in [4.78, 5) is 14.0. The average molecular weight is 338 g/mol. The van der Waals surface area contributed by atoms with Gasteiger partial charge in [0.15, 0.2) is 0 Å². The van der Waals surface area contributed by atoms with Crippen molar-refractivity contribution in [1.29, 1.82) is 0 Å². The van der Waals surface area contributed by atoms with Gasteiger partial charge in [-0.05, 0) is 33.6 Å². The van der Waals surface area contributed by atoms with Crippen LogP contribution < -0.4 is 5.73 Å². The fraction of sp³-hybridized carbons (Fsp3) is 0.722. The molecule has 1 fully saturated rings. The van der Waals surface area contributed by atoms with E-state index in [-0.39, 0.29) is 18.1 Å². The number of nitrogens with zero attached hydrogens (tertiary/aromatic N) is 1. The Morgan fingerprint density at radius 1 is 1.42 bits per heavy atom. The number of amides is 1. The first kappa shape index (κ1) is 18.6. The molecule has 2 aliphatic rings. The van der Waals surface area contributed by atoms with Gasteiger partial charge in [0.25, 0.3) is 0 Å². The topological polar surface area (TPSA) is 74.0 Å². The fourth-order valence-corrected chi connectivity index (χ4v) is 2.93. The summed E-state index contributed by atoms with van der Waals surface area (Å²) in [5, 5.41) is 0. The SMILES string of the molecule is COC1CC=C(N)C=C1OCC1CCCN(C(=O)OC(C)(C)C)C1. The predicted molar refractivity (Wildman–Crippen MR) is 92.3 cm³/mol. The van der Waals surface area contributed by atoms with E-state index in [2.05, 4.69) is 0 Å². The first-order valence-corrected chi connectivity index (χ1v) is 8.59. The number of rotatable bonds is 4. The average Bonchev–Trinajstić information content (AvgIpc) is 2.52. The Bertz CT molecular complexity index is 508. The molecule has 0 aromatic rings. The number of carbonyl (C=O) groups excluding carboxylic acids is 1. The van der Waals surface area contributed by atoms with Crippen molar-refractivity contribution in [2.45, 2.75) is 51.7 Å². The summed E-state index contributed by atoms with van der Waals surface area (Å²) < 4.78 is 16.8. The van der Waals surface area contributed by atoms with E-state index in [1.54, 1.807) is 12.0 Å². The van der Waals surface area contributed by atoms with Gasteiger partial charge in [0.2, 0.25) is 0 Å². The minimum Gasteiger partial charge on any atom is -0.495 e. The van der Waals surface area contributed by atoms with Crippen LogP contribution in [0.4, 0.5) is 4.79 Å². The largest absolute Gasteiger partial charge is 0.495 e. The number of hydrogen-bond donors (Lipinski definition) is 1. The van der Waals surface area contributed by atoms with E-state index < -0.39 is 5.60 Å². The predicted octanol–water partition coefficient (Wildman–Crippen LogP) is 2.80. The highest BCUT2D eigenvalue weighted by atomic mass is 16.6. The molecule has 1 amide bonds. The molecule has 2 N–H and O–H groups in total. The standard InChI is InChI=1S/C18H30N2O4/c1-18(2,3)24-17(21)20-9-5-6-13(11-20)12-23-16-10-14(19)7-8-15(16)22-4/h7,10,13,15H,5-6,8-9,11-12,19H2,1-4H3. The Hall–Kier alpha value is -1.69. The molecule has 2 unspecified atom stereocenters. The monoisotopic (exact) mass is 338 g/mol. The quantitative estimate of drug-likeness (QED) is 0.853. The van der Waals surface area contributed by atoms with Crippen molar-refractivity contribution in [2.75, 3.05) is 26.8 Å². The molecule has 0 aromatic carbocycles. The molecular weight excluding hydrogens is 308 g/mol. The Morgan fingerprint density at radius 2 is 2.17 bits per heavy atom. The van der Waals surface area contributed by atoms with Gasteiger partial charge in [0, 0.05) is 44.3 Å². The maximum Gasteiger partial charge on any atom is 0.410 e. The van der Waals surface area contributed by atoms with Crippen LogP contribution in [0.3, 0.4) is 0 Å². The second-order valence-corrected chi connectivity index (χ2v) is 7.46. The number of ether oxygens (including phenoxy) is 3. The first-order chi connectivity index (χ1) is 11.3. The van der Waals surface area contributed by atoms with Gasteiger partial charge in [0.1, 0.15) is 17.5 Å². The second-order valence-electron chi connectivity index (χ2n) is 7.46. The lowest BCUT2D eigenvalue weighted by molar-refractivity contribution is 0.00637. The van der Waals surface area contributed by atoms with E-state index in [4.69, 9.17) is 19.9 Å². The first-order valence-electron chi connectivity index (χ1n) is 8.59. The zero-order valence-corrected chi connectivity index (χ0v) is 15.2. The summed E-state index contributed by atoms with van der Waals surface area (Å²) in [7, 11) is 1.67. The second kappa shape index (κ2) is 7.92. The Balaban J connectivity index is 1.87. The molecule has 1 aliphatic carbocycles. The van der Waals surface area contributed by atoms with Gasteiger partial charge < -0.3 is 24.8 Å². The highest BCUT2D eigenvalue weighted by molar-refractivity contribution is 5.68. The lowest BCUT2D eigenvalue weighted by atomic mass is 9.99. The minimum atomic E-state index is -0.469. The fourth-order valence-electron chi connectivity index (χ4n) is 2.93. The number of carbonyl (C=O) groups is 1. The van der Waals surface area contributed by atoms with Crippen molar-refractivity contribution in [3.05, 3.63) is 23.6 Å². The van der Waals surface area contributed by atoms with Crippen molar-refractivity contribution in [2.24, 2.45) is 11.7 Å². The number of likely N-dealkylation sites (tertiary alicyclic amines) is 1. The molecule has 24 heavy (non-hydrogen) atoms. The summed E-state index contributed by atoms with van der Waals surface area (Å²) in [5.74, 6) is 1.06. The van der Waals surface area contributed by atoms with E-state index in [1.807, 2.05) is 32.9 Å². The summed E-state index contributed by atoms with van der Waals surface area (Å²) in [5.41, 5.74) is 6.09. The van der Waals surface area contributed by atoms with E-state index in [0.29, 0.717) is 18.8 Å². The molecule has 2 rings (SSSR count). The van der Waals surface area contributed by atoms with Crippen LogP contribution in [0.15, 0.2) is 23.6 Å². The minimum absolute atomic E-state index is 0.0807. The van der Waals surface area contributed by atoms with E-state index in [1.165, 1.54) is 0 Å². The molecule has 0 bridgehead atoms. The lowest BCUT2D eigenvalue weighted by Crippen LogP contribution is -2.43. The van der Waals surface area contributed by atoms with Crippen molar-refractivity contribution >= 4 is 6.09 Å². The molecule has 0 saturated carbocycles. The van der Waals surface area contributed by atoms with Crippen molar-refractivity contribution in [1.82, 2.24) is 4.90 Å². The van der Waals surface area contributed by atoms with Gasteiger partial charge in [-0.3, -0.25) is 0 Å². The smallest absolute Gasteiger partial charge is 0.410 e. The maximum atomic E-state index is 12.2. The van der Waals surface area contributed by atoms with Crippen LogP contribution >= 0.6 is 0 Å². The molecular formula is C18H30N2O4. The highest BCUT2D eigenvalue weighted by Crippen LogP contribution is 2.24. The van der Waals surface area contributed by atoms with E-state index >= 15 is 0 Å². The normalized spacial score (nSPS) is 24.9. The number of hydrogen-bond acceptors (Lipinski definition) is 5. The van der Waals surface area contributed by atoms with Gasteiger partial charge in [-0.25, -0.2) is 4.79 Å². The molecule has 136 valence electrons. The third-order valence-electron chi connectivity index (χ3n) is 4.13. The number of nitrogens with two attached hydrogens (primary N) is 1. The zero-order chi connectivity index (χ0) is 17.7. The van der Waals surface area contributed by atoms with Gasteiger partial charge in [-0.1, -0.05) is 6.08 Å². The van der Waals surface area contributed by atoms with Crippen molar-refractivity contribution < 1.29 is 19.0 Å². The molecule has 1 aliphatic heterocycles. The van der Waals surface area contributed by atoms with Crippen molar-refractivity contribution in [3.63, 3.8) is 0 Å². The molecule has 0 aromatic heterocycles. The molecule has 2 atom stereocenters. The Labute approximate surface area is 144 Å².